The molecular formula is C23H23F3N4O3. The molecule has 1 aromatic heterocycles. The molecule has 1 heterocycles. The molecule has 0 saturated heterocycles. The van der Waals surface area contributed by atoms with E-state index < -0.39 is 34.7 Å². The summed E-state index contributed by atoms with van der Waals surface area (Å²) in [5, 5.41) is 15.8. The molecule has 1 aliphatic carbocycles. The summed E-state index contributed by atoms with van der Waals surface area (Å²) in [4.78, 5) is 32.5. The molecule has 1 saturated carbocycles. The third kappa shape index (κ3) is 5.00. The number of halogens is 3. The molecule has 33 heavy (non-hydrogen) atoms. The van der Waals surface area contributed by atoms with Crippen molar-refractivity contribution in [2.75, 3.05) is 11.9 Å². The smallest absolute Gasteiger partial charge is 0.388 e. The fraction of sp³-hybridized carbons (Fsp3) is 0.348. The Balaban J connectivity index is 1.58. The van der Waals surface area contributed by atoms with Crippen LogP contribution in [0.25, 0.3) is 11.0 Å². The molecule has 1 fully saturated rings. The number of imidazole rings is 1. The van der Waals surface area contributed by atoms with Crippen LogP contribution in [0.4, 0.5) is 18.9 Å². The van der Waals surface area contributed by atoms with Crippen LogP contribution in [0.2, 0.25) is 0 Å². The number of benzene rings is 2. The van der Waals surface area contributed by atoms with Crippen molar-refractivity contribution in [2.45, 2.75) is 43.9 Å². The first-order valence-corrected chi connectivity index (χ1v) is 10.6. The van der Waals surface area contributed by atoms with E-state index in [9.17, 15) is 27.9 Å². The van der Waals surface area contributed by atoms with E-state index in [0.29, 0.717) is 23.9 Å². The van der Waals surface area contributed by atoms with Gasteiger partial charge in [0, 0.05) is 12.2 Å². The first-order chi connectivity index (χ1) is 15.7. The van der Waals surface area contributed by atoms with Gasteiger partial charge in [0.2, 0.25) is 0 Å². The van der Waals surface area contributed by atoms with E-state index in [1.54, 1.807) is 0 Å². The molecule has 1 aliphatic rings. The number of nitrogens with one attached hydrogen (secondary N) is 3. The number of aromatic amines is 1. The SMILES string of the molecule is O=C(Nc1cc(C(=O)NCC2(O)CCCCC2)c2nc[nH]c2c1)c1ccccc1C(F)(F)F. The van der Waals surface area contributed by atoms with Gasteiger partial charge in [-0.1, -0.05) is 31.4 Å². The number of rotatable bonds is 5. The number of hydrogen-bond donors (Lipinski definition) is 4. The maximum absolute atomic E-state index is 13.3. The van der Waals surface area contributed by atoms with E-state index in [-0.39, 0.29) is 17.8 Å². The van der Waals surface area contributed by atoms with Gasteiger partial charge in [-0.2, -0.15) is 13.2 Å². The monoisotopic (exact) mass is 460 g/mol. The fourth-order valence-corrected chi connectivity index (χ4v) is 4.15. The zero-order valence-electron chi connectivity index (χ0n) is 17.6. The summed E-state index contributed by atoms with van der Waals surface area (Å²) in [6.45, 7) is 0.0767. The van der Waals surface area contributed by atoms with Crippen LogP contribution < -0.4 is 10.6 Å². The number of nitrogens with zero attached hydrogens (tertiary/aromatic N) is 1. The van der Waals surface area contributed by atoms with E-state index in [0.717, 1.165) is 31.4 Å². The highest BCUT2D eigenvalue weighted by molar-refractivity contribution is 6.10. The number of H-pyrrole nitrogens is 1. The quantitative estimate of drug-likeness (QED) is 0.456. The van der Waals surface area contributed by atoms with Crippen molar-refractivity contribution in [1.82, 2.24) is 15.3 Å². The highest BCUT2D eigenvalue weighted by atomic mass is 19.4. The molecule has 2 aromatic carbocycles. The summed E-state index contributed by atoms with van der Waals surface area (Å²) in [5.41, 5.74) is -1.51. The molecule has 0 spiro atoms. The molecule has 10 heteroatoms. The minimum absolute atomic E-state index is 0.0767. The maximum atomic E-state index is 13.3. The Hall–Kier alpha value is -3.40. The van der Waals surface area contributed by atoms with Crippen molar-refractivity contribution in [2.24, 2.45) is 0 Å². The lowest BCUT2D eigenvalue weighted by Crippen LogP contribution is -2.44. The lowest BCUT2D eigenvalue weighted by molar-refractivity contribution is -0.137. The number of aliphatic hydroxyl groups is 1. The second-order valence-electron chi connectivity index (χ2n) is 8.29. The van der Waals surface area contributed by atoms with Crippen LogP contribution in [0.1, 0.15) is 58.4 Å². The molecule has 2 amide bonds. The molecule has 0 unspecified atom stereocenters. The Morgan fingerprint density at radius 3 is 2.52 bits per heavy atom. The van der Waals surface area contributed by atoms with Crippen molar-refractivity contribution in [1.29, 1.82) is 0 Å². The number of hydrogen-bond acceptors (Lipinski definition) is 4. The van der Waals surface area contributed by atoms with Crippen LogP contribution in [0, 0.1) is 0 Å². The molecule has 4 N–H and O–H groups in total. The minimum Gasteiger partial charge on any atom is -0.388 e. The normalized spacial score (nSPS) is 15.9. The number of anilines is 1. The number of amides is 2. The van der Waals surface area contributed by atoms with Crippen molar-refractivity contribution in [3.8, 4) is 0 Å². The first kappa shape index (κ1) is 22.8. The Morgan fingerprint density at radius 1 is 1.06 bits per heavy atom. The number of fused-ring (bicyclic) bond motifs is 1. The van der Waals surface area contributed by atoms with E-state index in [1.165, 1.54) is 30.6 Å². The maximum Gasteiger partial charge on any atom is 0.417 e. The Labute approximate surface area is 187 Å². The number of aromatic nitrogens is 2. The second-order valence-corrected chi connectivity index (χ2v) is 8.29. The molecule has 174 valence electrons. The largest absolute Gasteiger partial charge is 0.417 e. The number of carbonyl (C=O) groups is 2. The Kier molecular flexibility index (Phi) is 6.11. The third-order valence-corrected chi connectivity index (χ3v) is 5.87. The molecule has 3 aromatic rings. The van der Waals surface area contributed by atoms with Crippen LogP contribution in [0.5, 0.6) is 0 Å². The van der Waals surface area contributed by atoms with Crippen molar-refractivity contribution in [3.63, 3.8) is 0 Å². The lowest BCUT2D eigenvalue weighted by Gasteiger charge is -2.32. The number of alkyl halides is 3. The van der Waals surface area contributed by atoms with Crippen LogP contribution in [-0.2, 0) is 6.18 Å². The third-order valence-electron chi connectivity index (χ3n) is 5.87. The van der Waals surface area contributed by atoms with E-state index in [1.807, 2.05) is 0 Å². The van der Waals surface area contributed by atoms with Crippen LogP contribution in [0.15, 0.2) is 42.7 Å². The van der Waals surface area contributed by atoms with Crippen LogP contribution in [0.3, 0.4) is 0 Å². The van der Waals surface area contributed by atoms with Gasteiger partial charge in [-0.3, -0.25) is 9.59 Å². The predicted octanol–water partition coefficient (Wildman–Crippen LogP) is 4.26. The molecule has 7 nitrogen and oxygen atoms in total. The standard InChI is InChI=1S/C23H23F3N4O3/c24-23(25,26)17-7-3-2-6-15(17)21(32)30-14-10-16(19-18(11-14)28-13-29-19)20(31)27-12-22(33)8-4-1-5-9-22/h2-3,6-7,10-11,13,33H,1,4-5,8-9,12H2,(H,27,31)(H,28,29)(H,30,32). The van der Waals surface area contributed by atoms with E-state index >= 15 is 0 Å². The molecule has 0 atom stereocenters. The summed E-state index contributed by atoms with van der Waals surface area (Å²) < 4.78 is 39.9. The Morgan fingerprint density at radius 2 is 1.79 bits per heavy atom. The molecule has 4 rings (SSSR count). The van der Waals surface area contributed by atoms with Crippen molar-refractivity contribution in [3.05, 3.63) is 59.4 Å². The summed E-state index contributed by atoms with van der Waals surface area (Å²) in [6.07, 6.45) is 0.698. The van der Waals surface area contributed by atoms with Crippen LogP contribution >= 0.6 is 0 Å². The molecule has 0 radical (unpaired) electrons. The van der Waals surface area contributed by atoms with Gasteiger partial charge in [0.25, 0.3) is 11.8 Å². The first-order valence-electron chi connectivity index (χ1n) is 10.6. The molecule has 0 aliphatic heterocycles. The molecular weight excluding hydrogens is 437 g/mol. The average Bonchev–Trinajstić information content (AvgIpc) is 3.25. The van der Waals surface area contributed by atoms with Gasteiger partial charge in [-0.05, 0) is 37.1 Å². The van der Waals surface area contributed by atoms with E-state index in [4.69, 9.17) is 0 Å². The summed E-state index contributed by atoms with van der Waals surface area (Å²) in [6, 6.07) is 7.32. The fourth-order valence-electron chi connectivity index (χ4n) is 4.15. The molecule has 0 bridgehead atoms. The average molecular weight is 460 g/mol. The van der Waals surface area contributed by atoms with Crippen LogP contribution in [-0.4, -0.2) is 39.0 Å². The highest BCUT2D eigenvalue weighted by Crippen LogP contribution is 2.32. The zero-order valence-corrected chi connectivity index (χ0v) is 17.6. The van der Waals surface area contributed by atoms with Gasteiger partial charge >= 0.3 is 6.18 Å². The highest BCUT2D eigenvalue weighted by Gasteiger charge is 2.35. The predicted molar refractivity (Wildman–Crippen MR) is 116 cm³/mol. The van der Waals surface area contributed by atoms with Gasteiger partial charge in [0.1, 0.15) is 5.52 Å². The summed E-state index contributed by atoms with van der Waals surface area (Å²) >= 11 is 0. The van der Waals surface area contributed by atoms with Gasteiger partial charge in [-0.15, -0.1) is 0 Å². The van der Waals surface area contributed by atoms with Crippen molar-refractivity contribution >= 4 is 28.5 Å². The Bertz CT molecular complexity index is 1180. The van der Waals surface area contributed by atoms with E-state index in [2.05, 4.69) is 20.6 Å². The second kappa shape index (κ2) is 8.86. The topological polar surface area (TPSA) is 107 Å². The van der Waals surface area contributed by atoms with Gasteiger partial charge < -0.3 is 20.7 Å². The van der Waals surface area contributed by atoms with Gasteiger partial charge in [-0.25, -0.2) is 4.98 Å². The lowest BCUT2D eigenvalue weighted by atomic mass is 9.85. The van der Waals surface area contributed by atoms with Crippen molar-refractivity contribution < 1.29 is 27.9 Å². The van der Waals surface area contributed by atoms with Gasteiger partial charge in [0.05, 0.1) is 34.1 Å². The van der Waals surface area contributed by atoms with Gasteiger partial charge in [0.15, 0.2) is 0 Å². The zero-order chi connectivity index (χ0) is 23.6. The summed E-state index contributed by atoms with van der Waals surface area (Å²) in [5.74, 6) is -1.46. The minimum atomic E-state index is -4.69. The number of carbonyl (C=O) groups excluding carboxylic acids is 2. The summed E-state index contributed by atoms with van der Waals surface area (Å²) in [7, 11) is 0.